The van der Waals surface area contributed by atoms with E-state index in [0.29, 0.717) is 43.9 Å². The Morgan fingerprint density at radius 3 is 2.63 bits per heavy atom. The Labute approximate surface area is 158 Å². The lowest BCUT2D eigenvalue weighted by molar-refractivity contribution is 0.244. The average molecular weight is 392 g/mol. The first-order valence-corrected chi connectivity index (χ1v) is 10.8. The summed E-state index contributed by atoms with van der Waals surface area (Å²) in [6.45, 7) is 4.66. The summed E-state index contributed by atoms with van der Waals surface area (Å²) in [6.07, 6.45) is 4.34. The third-order valence-electron chi connectivity index (χ3n) is 5.59. The molecule has 0 bridgehead atoms. The maximum Gasteiger partial charge on any atom is 0.267 e. The number of sulfonamides is 1. The first-order valence-electron chi connectivity index (χ1n) is 9.39. The standard InChI is InChI=1S/C18H24N4O4S/c1-12-18(13(2)26-20-12)27(24,25)21-8-6-14(7-9-21)11-22-17(23)10-15-4-3-5-16(15)19-22/h10,14H,3-9,11H2,1-2H3. The van der Waals surface area contributed by atoms with Crippen LogP contribution in [0, 0.1) is 19.8 Å². The van der Waals surface area contributed by atoms with Crippen LogP contribution in [-0.2, 0) is 29.4 Å². The van der Waals surface area contributed by atoms with Gasteiger partial charge < -0.3 is 4.52 Å². The molecule has 1 aliphatic heterocycles. The minimum absolute atomic E-state index is 0.0542. The number of aryl methyl sites for hydroxylation is 4. The first kappa shape index (κ1) is 18.4. The average Bonchev–Trinajstić information content (AvgIpc) is 3.21. The highest BCUT2D eigenvalue weighted by molar-refractivity contribution is 7.89. The fraction of sp³-hybridized carbons (Fsp3) is 0.611. The summed E-state index contributed by atoms with van der Waals surface area (Å²) in [5, 5.41) is 8.29. The smallest absolute Gasteiger partial charge is 0.267 e. The fourth-order valence-electron chi connectivity index (χ4n) is 4.12. The molecule has 2 aliphatic rings. The predicted molar refractivity (Wildman–Crippen MR) is 98.0 cm³/mol. The van der Waals surface area contributed by atoms with Crippen molar-refractivity contribution in [2.75, 3.05) is 13.1 Å². The Morgan fingerprint density at radius 1 is 1.22 bits per heavy atom. The number of hydrogen-bond donors (Lipinski definition) is 0. The maximum atomic E-state index is 12.9. The molecule has 0 saturated carbocycles. The van der Waals surface area contributed by atoms with E-state index in [1.165, 1.54) is 4.31 Å². The van der Waals surface area contributed by atoms with Gasteiger partial charge in [0.05, 0.1) is 5.69 Å². The van der Waals surface area contributed by atoms with Crippen molar-refractivity contribution >= 4 is 10.0 Å². The monoisotopic (exact) mass is 392 g/mol. The fourth-order valence-corrected chi connectivity index (χ4v) is 5.88. The summed E-state index contributed by atoms with van der Waals surface area (Å²) < 4.78 is 33.9. The van der Waals surface area contributed by atoms with Gasteiger partial charge in [0.15, 0.2) is 5.76 Å². The first-order chi connectivity index (χ1) is 12.9. The van der Waals surface area contributed by atoms with Crippen molar-refractivity contribution < 1.29 is 12.9 Å². The molecule has 4 rings (SSSR count). The van der Waals surface area contributed by atoms with Crippen LogP contribution in [0.5, 0.6) is 0 Å². The molecule has 2 aromatic heterocycles. The Bertz CT molecular complexity index is 997. The largest absolute Gasteiger partial charge is 0.360 e. The van der Waals surface area contributed by atoms with Crippen LogP contribution < -0.4 is 5.56 Å². The molecule has 3 heterocycles. The minimum atomic E-state index is -3.60. The summed E-state index contributed by atoms with van der Waals surface area (Å²) in [5.41, 5.74) is 2.45. The van der Waals surface area contributed by atoms with Crippen LogP contribution in [0.4, 0.5) is 0 Å². The molecule has 9 heteroatoms. The van der Waals surface area contributed by atoms with Gasteiger partial charge in [0.1, 0.15) is 10.6 Å². The van der Waals surface area contributed by atoms with Gasteiger partial charge in [-0.25, -0.2) is 13.1 Å². The number of nitrogens with zero attached hydrogens (tertiary/aromatic N) is 4. The van der Waals surface area contributed by atoms with Crippen LogP contribution in [0.15, 0.2) is 20.3 Å². The van der Waals surface area contributed by atoms with Crippen molar-refractivity contribution in [2.45, 2.75) is 57.4 Å². The second-order valence-electron chi connectivity index (χ2n) is 7.49. The molecule has 27 heavy (non-hydrogen) atoms. The Morgan fingerprint density at radius 2 is 1.96 bits per heavy atom. The van der Waals surface area contributed by atoms with Crippen molar-refractivity contribution in [3.63, 3.8) is 0 Å². The second kappa shape index (κ2) is 6.87. The molecule has 1 aliphatic carbocycles. The third-order valence-corrected chi connectivity index (χ3v) is 7.74. The van der Waals surface area contributed by atoms with Crippen molar-refractivity contribution in [3.8, 4) is 0 Å². The van der Waals surface area contributed by atoms with E-state index >= 15 is 0 Å². The van der Waals surface area contributed by atoms with E-state index < -0.39 is 10.0 Å². The third kappa shape index (κ3) is 3.34. The van der Waals surface area contributed by atoms with Gasteiger partial charge in [-0.3, -0.25) is 4.79 Å². The van der Waals surface area contributed by atoms with Gasteiger partial charge in [0.25, 0.3) is 5.56 Å². The highest BCUT2D eigenvalue weighted by atomic mass is 32.2. The van der Waals surface area contributed by atoms with Gasteiger partial charge in [0.2, 0.25) is 10.0 Å². The summed E-state index contributed by atoms with van der Waals surface area (Å²) in [5.74, 6) is 0.564. The summed E-state index contributed by atoms with van der Waals surface area (Å²) >= 11 is 0. The van der Waals surface area contributed by atoms with Gasteiger partial charge in [0, 0.05) is 25.7 Å². The van der Waals surface area contributed by atoms with E-state index in [4.69, 9.17) is 4.52 Å². The van der Waals surface area contributed by atoms with Crippen LogP contribution in [0.25, 0.3) is 0 Å². The normalized spacial score (nSPS) is 18.7. The number of fused-ring (bicyclic) bond motifs is 1. The topological polar surface area (TPSA) is 98.3 Å². The zero-order chi connectivity index (χ0) is 19.2. The zero-order valence-electron chi connectivity index (χ0n) is 15.6. The van der Waals surface area contributed by atoms with Crippen molar-refractivity contribution in [1.82, 2.24) is 19.2 Å². The number of rotatable bonds is 4. The highest BCUT2D eigenvalue weighted by Crippen LogP contribution is 2.28. The van der Waals surface area contributed by atoms with Crippen LogP contribution in [0.3, 0.4) is 0 Å². The molecule has 0 atom stereocenters. The number of hydrogen-bond acceptors (Lipinski definition) is 6. The van der Waals surface area contributed by atoms with Crippen LogP contribution in [-0.4, -0.2) is 40.7 Å². The van der Waals surface area contributed by atoms with Crippen molar-refractivity contribution in [3.05, 3.63) is 39.1 Å². The molecule has 0 amide bonds. The van der Waals surface area contributed by atoms with Crippen LogP contribution >= 0.6 is 0 Å². The quantitative estimate of drug-likeness (QED) is 0.781. The van der Waals surface area contributed by atoms with E-state index in [1.54, 1.807) is 24.6 Å². The molecular weight excluding hydrogens is 368 g/mol. The molecule has 0 radical (unpaired) electrons. The summed E-state index contributed by atoms with van der Waals surface area (Å²) in [6, 6.07) is 1.71. The Balaban J connectivity index is 1.45. The molecule has 1 saturated heterocycles. The lowest BCUT2D eigenvalue weighted by atomic mass is 9.98. The van der Waals surface area contributed by atoms with Gasteiger partial charge in [-0.1, -0.05) is 5.16 Å². The Kier molecular flexibility index (Phi) is 4.67. The SMILES string of the molecule is Cc1noc(C)c1S(=O)(=O)N1CCC(Cn2nc3c(cc2=O)CCC3)CC1. The maximum absolute atomic E-state index is 12.9. The summed E-state index contributed by atoms with van der Waals surface area (Å²) in [4.78, 5) is 12.5. The number of piperidine rings is 1. The molecule has 8 nitrogen and oxygen atoms in total. The van der Waals surface area contributed by atoms with Crippen molar-refractivity contribution in [2.24, 2.45) is 5.92 Å². The minimum Gasteiger partial charge on any atom is -0.360 e. The molecule has 0 unspecified atom stereocenters. The van der Waals surface area contributed by atoms with Gasteiger partial charge >= 0.3 is 0 Å². The van der Waals surface area contributed by atoms with Gasteiger partial charge in [-0.2, -0.15) is 9.40 Å². The molecule has 2 aromatic rings. The van der Waals surface area contributed by atoms with E-state index in [2.05, 4.69) is 10.3 Å². The van der Waals surface area contributed by atoms with Crippen LogP contribution in [0.1, 0.15) is 42.0 Å². The molecule has 0 N–H and O–H groups in total. The highest BCUT2D eigenvalue weighted by Gasteiger charge is 2.34. The molecule has 146 valence electrons. The van der Waals surface area contributed by atoms with Crippen LogP contribution in [0.2, 0.25) is 0 Å². The summed E-state index contributed by atoms with van der Waals surface area (Å²) in [7, 11) is -3.60. The molecule has 0 aromatic carbocycles. The van der Waals surface area contributed by atoms with Crippen molar-refractivity contribution in [1.29, 1.82) is 0 Å². The van der Waals surface area contributed by atoms with Gasteiger partial charge in [-0.15, -0.1) is 0 Å². The molecular formula is C18H24N4O4S. The lowest BCUT2D eigenvalue weighted by Gasteiger charge is -2.31. The zero-order valence-corrected chi connectivity index (χ0v) is 16.5. The molecule has 1 fully saturated rings. The van der Waals surface area contributed by atoms with E-state index in [1.807, 2.05) is 0 Å². The van der Waals surface area contributed by atoms with E-state index in [0.717, 1.165) is 30.5 Å². The van der Waals surface area contributed by atoms with E-state index in [-0.39, 0.29) is 16.4 Å². The second-order valence-corrected chi connectivity index (χ2v) is 9.37. The predicted octanol–water partition coefficient (Wildman–Crippen LogP) is 1.44. The van der Waals surface area contributed by atoms with Gasteiger partial charge in [-0.05, 0) is 57.4 Å². The lowest BCUT2D eigenvalue weighted by Crippen LogP contribution is -2.40. The number of aromatic nitrogens is 3. The Hall–Kier alpha value is -2.00. The van der Waals surface area contributed by atoms with E-state index in [9.17, 15) is 13.2 Å². The molecule has 0 spiro atoms.